The molecule has 4 nitrogen and oxygen atoms in total. The van der Waals surface area contributed by atoms with Crippen LogP contribution in [0.3, 0.4) is 0 Å². The van der Waals surface area contributed by atoms with Crippen molar-refractivity contribution in [2.45, 2.75) is 6.42 Å². The van der Waals surface area contributed by atoms with Crippen LogP contribution in [0.15, 0.2) is 6.08 Å². The molecular weight excluding hydrogens is 246 g/mol. The zero-order valence-corrected chi connectivity index (χ0v) is 10.4. The summed E-state index contributed by atoms with van der Waals surface area (Å²) in [6, 6.07) is 0. The maximum Gasteiger partial charge on any atom is 0.213 e. The summed E-state index contributed by atoms with van der Waals surface area (Å²) >= 11 is 7.39. The molecule has 0 unspecified atom stereocenters. The smallest absolute Gasteiger partial charge is 0.213 e. The first-order chi connectivity index (χ1) is 7.70. The molecule has 0 spiro atoms. The molecule has 0 saturated carbocycles. The Balaban J connectivity index is 2.25. The van der Waals surface area contributed by atoms with Crippen LogP contribution >= 0.6 is 22.9 Å². The molecule has 0 aromatic carbocycles. The van der Waals surface area contributed by atoms with Crippen LogP contribution in [0.5, 0.6) is 0 Å². The fraction of sp³-hybridized carbons (Fsp3) is 0.400. The number of rotatable bonds is 3. The number of hydrogen-bond donors (Lipinski definition) is 1. The Morgan fingerprint density at radius 2 is 2.50 bits per heavy atom. The van der Waals surface area contributed by atoms with E-state index in [4.69, 9.17) is 11.6 Å². The first-order valence-electron chi connectivity index (χ1n) is 4.95. The van der Waals surface area contributed by atoms with Gasteiger partial charge in [0.25, 0.3) is 0 Å². The van der Waals surface area contributed by atoms with Gasteiger partial charge in [0.1, 0.15) is 4.34 Å². The van der Waals surface area contributed by atoms with Crippen molar-refractivity contribution in [1.29, 1.82) is 0 Å². The molecule has 86 valence electrons. The maximum atomic E-state index is 10.3. The summed E-state index contributed by atoms with van der Waals surface area (Å²) in [7, 11) is 2.07. The van der Waals surface area contributed by atoms with Crippen LogP contribution < -0.4 is 5.32 Å². The maximum absolute atomic E-state index is 10.3. The number of thiazole rings is 1. The van der Waals surface area contributed by atoms with Crippen molar-refractivity contribution in [3.05, 3.63) is 16.1 Å². The quantitative estimate of drug-likeness (QED) is 0.844. The number of aromatic nitrogens is 1. The minimum atomic E-state index is 0.545. The second-order valence-electron chi connectivity index (χ2n) is 3.66. The van der Waals surface area contributed by atoms with Crippen molar-refractivity contribution in [2.75, 3.05) is 25.5 Å². The fourth-order valence-electron chi connectivity index (χ4n) is 1.68. The Morgan fingerprint density at radius 3 is 3.19 bits per heavy atom. The third kappa shape index (κ3) is 2.42. The molecule has 0 bridgehead atoms. The van der Waals surface area contributed by atoms with E-state index in [1.807, 2.05) is 0 Å². The van der Waals surface area contributed by atoms with Crippen LogP contribution in [0.1, 0.15) is 12.1 Å². The third-order valence-electron chi connectivity index (χ3n) is 2.41. The van der Waals surface area contributed by atoms with Gasteiger partial charge in [0.05, 0.1) is 5.69 Å². The van der Waals surface area contributed by atoms with E-state index in [2.05, 4.69) is 28.3 Å². The Hall–Kier alpha value is -0.910. The monoisotopic (exact) mass is 257 g/mol. The van der Waals surface area contributed by atoms with Crippen LogP contribution in [-0.2, 0) is 4.79 Å². The molecule has 2 heterocycles. The highest BCUT2D eigenvalue weighted by atomic mass is 35.5. The molecule has 0 radical (unpaired) electrons. The van der Waals surface area contributed by atoms with Gasteiger partial charge in [0.15, 0.2) is 5.13 Å². The van der Waals surface area contributed by atoms with E-state index in [-0.39, 0.29) is 0 Å². The van der Waals surface area contributed by atoms with Gasteiger partial charge in [-0.2, -0.15) is 0 Å². The van der Waals surface area contributed by atoms with Crippen molar-refractivity contribution in [1.82, 2.24) is 9.88 Å². The predicted octanol–water partition coefficient (Wildman–Crippen LogP) is 2.08. The van der Waals surface area contributed by atoms with E-state index in [1.54, 1.807) is 0 Å². The number of halogens is 1. The van der Waals surface area contributed by atoms with Crippen molar-refractivity contribution in [2.24, 2.45) is 0 Å². The topological polar surface area (TPSA) is 45.2 Å². The number of amides is 1. The highest BCUT2D eigenvalue weighted by molar-refractivity contribution is 7.19. The molecule has 16 heavy (non-hydrogen) atoms. The van der Waals surface area contributed by atoms with Crippen molar-refractivity contribution in [3.63, 3.8) is 0 Å². The minimum absolute atomic E-state index is 0.545. The van der Waals surface area contributed by atoms with Crippen LogP contribution in [0, 0.1) is 0 Å². The summed E-state index contributed by atoms with van der Waals surface area (Å²) < 4.78 is 0.630. The van der Waals surface area contributed by atoms with E-state index in [0.29, 0.717) is 15.9 Å². The molecule has 2 rings (SSSR count). The molecule has 1 N–H and O–H groups in total. The predicted molar refractivity (Wildman–Crippen MR) is 66.9 cm³/mol. The molecule has 1 aromatic heterocycles. The zero-order valence-electron chi connectivity index (χ0n) is 8.86. The lowest BCUT2D eigenvalue weighted by molar-refractivity contribution is -0.105. The number of carbonyl (C=O) groups excluding carboxylic acids is 1. The molecule has 0 aliphatic carbocycles. The number of anilines is 1. The lowest BCUT2D eigenvalue weighted by Gasteiger charge is -2.21. The van der Waals surface area contributed by atoms with Crippen molar-refractivity contribution < 1.29 is 4.79 Å². The van der Waals surface area contributed by atoms with Gasteiger partial charge in [-0.05, 0) is 19.0 Å². The van der Waals surface area contributed by atoms with Gasteiger partial charge in [-0.15, -0.1) is 0 Å². The van der Waals surface area contributed by atoms with Crippen molar-refractivity contribution in [3.8, 4) is 0 Å². The first-order valence-corrected chi connectivity index (χ1v) is 6.14. The van der Waals surface area contributed by atoms with E-state index in [9.17, 15) is 4.79 Å². The lowest BCUT2D eigenvalue weighted by Crippen LogP contribution is -2.25. The zero-order chi connectivity index (χ0) is 11.5. The number of carbonyl (C=O) groups is 1. The highest BCUT2D eigenvalue weighted by Gasteiger charge is 2.17. The summed E-state index contributed by atoms with van der Waals surface area (Å²) in [5, 5.41) is 3.07. The summed E-state index contributed by atoms with van der Waals surface area (Å²) in [4.78, 5) is 16.8. The van der Waals surface area contributed by atoms with Crippen LogP contribution in [0.25, 0.3) is 5.57 Å². The number of likely N-dealkylation sites (N-methyl/N-ethyl adjacent to an activating group) is 1. The Morgan fingerprint density at radius 1 is 1.69 bits per heavy atom. The second kappa shape index (κ2) is 4.95. The first kappa shape index (κ1) is 11.6. The molecule has 0 fully saturated rings. The van der Waals surface area contributed by atoms with Gasteiger partial charge in [0, 0.05) is 13.1 Å². The number of nitrogens with zero attached hydrogens (tertiary/aromatic N) is 2. The average Bonchev–Trinajstić information content (AvgIpc) is 2.60. The molecule has 6 heteroatoms. The van der Waals surface area contributed by atoms with Gasteiger partial charge in [0.2, 0.25) is 6.41 Å². The molecule has 1 amide bonds. The molecular formula is C10H12ClN3OS. The Bertz CT molecular complexity index is 430. The van der Waals surface area contributed by atoms with Crippen LogP contribution in [0.2, 0.25) is 4.34 Å². The van der Waals surface area contributed by atoms with Gasteiger partial charge >= 0.3 is 0 Å². The largest absolute Gasteiger partial charge is 0.305 e. The standard InChI is InChI=1S/C10H12ClN3OS/c1-14-4-2-3-7(5-14)8-9(11)16-10(13-8)12-6-15/h3,6H,2,4-5H2,1H3,(H,12,13,15). The van der Waals surface area contributed by atoms with Crippen molar-refractivity contribution >= 4 is 40.1 Å². The average molecular weight is 258 g/mol. The highest BCUT2D eigenvalue weighted by Crippen LogP contribution is 2.33. The number of hydrogen-bond acceptors (Lipinski definition) is 4. The summed E-state index contributed by atoms with van der Waals surface area (Å²) in [6.07, 6.45) is 3.78. The molecule has 1 aliphatic heterocycles. The summed E-state index contributed by atoms with van der Waals surface area (Å²) in [5.41, 5.74) is 1.93. The van der Waals surface area contributed by atoms with E-state index in [0.717, 1.165) is 30.8 Å². The lowest BCUT2D eigenvalue weighted by atomic mass is 10.1. The van der Waals surface area contributed by atoms with E-state index < -0.39 is 0 Å². The summed E-state index contributed by atoms with van der Waals surface area (Å²) in [5.74, 6) is 0. The van der Waals surface area contributed by atoms with Gasteiger partial charge in [-0.1, -0.05) is 29.0 Å². The van der Waals surface area contributed by atoms with E-state index in [1.165, 1.54) is 11.3 Å². The van der Waals surface area contributed by atoms with E-state index >= 15 is 0 Å². The van der Waals surface area contributed by atoms with Crippen LogP contribution in [0.4, 0.5) is 5.13 Å². The molecule has 1 aliphatic rings. The third-order valence-corrected chi connectivity index (χ3v) is 3.60. The Labute approximate surface area is 103 Å². The molecule has 0 atom stereocenters. The SMILES string of the molecule is CN1CCC=C(c2nc(NC=O)sc2Cl)C1. The van der Waals surface area contributed by atoms with Gasteiger partial charge < -0.3 is 10.2 Å². The molecule has 1 aromatic rings. The Kier molecular flexibility index (Phi) is 3.58. The normalized spacial score (nSPS) is 17.0. The summed E-state index contributed by atoms with van der Waals surface area (Å²) in [6.45, 7) is 1.91. The van der Waals surface area contributed by atoms with Gasteiger partial charge in [-0.25, -0.2) is 4.98 Å². The second-order valence-corrected chi connectivity index (χ2v) is 5.26. The number of nitrogens with one attached hydrogen (secondary N) is 1. The minimum Gasteiger partial charge on any atom is -0.305 e. The van der Waals surface area contributed by atoms with Gasteiger partial charge in [-0.3, -0.25) is 4.79 Å². The molecule has 0 saturated heterocycles. The van der Waals surface area contributed by atoms with Crippen LogP contribution in [-0.4, -0.2) is 36.4 Å². The fourth-order valence-corrected chi connectivity index (χ4v) is 2.75.